The first kappa shape index (κ1) is 33.8. The van der Waals surface area contributed by atoms with Gasteiger partial charge in [-0.3, -0.25) is 9.36 Å². The average molecular weight is 704 g/mol. The summed E-state index contributed by atoms with van der Waals surface area (Å²) >= 11 is 4.63. The Hall–Kier alpha value is -4.10. The van der Waals surface area contributed by atoms with Gasteiger partial charge in [0.05, 0.1) is 55.4 Å². The van der Waals surface area contributed by atoms with E-state index in [9.17, 15) is 14.4 Å². The molecule has 1 aliphatic rings. The number of ether oxygens (including phenoxy) is 6. The molecule has 1 atom stereocenters. The lowest BCUT2D eigenvalue weighted by molar-refractivity contribution is -0.145. The third-order valence-corrected chi connectivity index (χ3v) is 8.02. The van der Waals surface area contributed by atoms with Gasteiger partial charge in [-0.15, -0.1) is 0 Å². The summed E-state index contributed by atoms with van der Waals surface area (Å²) in [5, 5.41) is 0. The van der Waals surface area contributed by atoms with Gasteiger partial charge in [-0.2, -0.15) is 0 Å². The molecule has 1 aliphatic heterocycles. The number of carbonyl (C=O) groups is 2. The molecular formula is C32H35BrN2O9S. The maximum absolute atomic E-state index is 14.2. The van der Waals surface area contributed by atoms with Gasteiger partial charge in [0.25, 0.3) is 5.56 Å². The van der Waals surface area contributed by atoms with Crippen molar-refractivity contribution in [1.29, 1.82) is 0 Å². The Morgan fingerprint density at radius 1 is 1.04 bits per heavy atom. The van der Waals surface area contributed by atoms with Crippen LogP contribution in [0.3, 0.4) is 0 Å². The van der Waals surface area contributed by atoms with Gasteiger partial charge >= 0.3 is 11.9 Å². The largest absolute Gasteiger partial charge is 0.493 e. The number of carbonyl (C=O) groups excluding carboxylic acids is 2. The molecule has 11 nitrogen and oxygen atoms in total. The van der Waals surface area contributed by atoms with Crippen LogP contribution >= 0.6 is 27.3 Å². The van der Waals surface area contributed by atoms with E-state index < -0.39 is 23.5 Å². The van der Waals surface area contributed by atoms with Crippen molar-refractivity contribution in [1.82, 2.24) is 4.57 Å². The lowest BCUT2D eigenvalue weighted by atomic mass is 9.95. The molecule has 240 valence electrons. The van der Waals surface area contributed by atoms with Crippen molar-refractivity contribution in [3.63, 3.8) is 0 Å². The third kappa shape index (κ3) is 7.42. The number of halogens is 1. The molecule has 0 spiro atoms. The molecule has 0 saturated heterocycles. The van der Waals surface area contributed by atoms with E-state index in [1.54, 1.807) is 57.2 Å². The van der Waals surface area contributed by atoms with Crippen molar-refractivity contribution in [3.8, 4) is 23.0 Å². The molecule has 13 heteroatoms. The fourth-order valence-corrected chi connectivity index (χ4v) is 6.28. The zero-order valence-electron chi connectivity index (χ0n) is 26.1. The highest BCUT2D eigenvalue weighted by Gasteiger charge is 2.34. The third-order valence-electron chi connectivity index (χ3n) is 6.58. The number of hydrogen-bond donors (Lipinski definition) is 0. The number of aromatic nitrogens is 1. The van der Waals surface area contributed by atoms with Crippen molar-refractivity contribution in [3.05, 3.63) is 76.9 Å². The van der Waals surface area contributed by atoms with E-state index >= 15 is 0 Å². The first-order valence-electron chi connectivity index (χ1n) is 14.2. The van der Waals surface area contributed by atoms with Gasteiger partial charge in [-0.1, -0.05) is 33.3 Å². The second kappa shape index (κ2) is 14.8. The standard InChI is InChI=1S/C32H35BrN2O9S/c1-8-41-26(36)16-43-29-20(12-21(33)15-24(29)40-7)14-25-30(37)35-28(19-10-11-22(44-17(3)4)23(13-19)39-6)27(31(38)42-9-2)18(5)34-32(35)45-25/h10-15,17,28H,8-9,16H2,1-7H3/b25-14+/t28-/m1/s1. The van der Waals surface area contributed by atoms with Crippen molar-refractivity contribution in [2.45, 2.75) is 46.8 Å². The van der Waals surface area contributed by atoms with Crippen LogP contribution in [0.15, 0.2) is 55.9 Å². The topological polar surface area (TPSA) is 124 Å². The van der Waals surface area contributed by atoms with E-state index in [-0.39, 0.29) is 37.2 Å². The quantitative estimate of drug-likeness (QED) is 0.254. The highest BCUT2D eigenvalue weighted by molar-refractivity contribution is 9.10. The molecule has 0 N–H and O–H groups in total. The average Bonchev–Trinajstić information content (AvgIpc) is 3.29. The summed E-state index contributed by atoms with van der Waals surface area (Å²) in [5.74, 6) is 0.458. The minimum Gasteiger partial charge on any atom is -0.493 e. The van der Waals surface area contributed by atoms with Crippen LogP contribution in [0, 0.1) is 0 Å². The smallest absolute Gasteiger partial charge is 0.344 e. The number of nitrogens with zero attached hydrogens (tertiary/aromatic N) is 2. The first-order chi connectivity index (χ1) is 21.5. The first-order valence-corrected chi connectivity index (χ1v) is 15.8. The Morgan fingerprint density at radius 3 is 2.40 bits per heavy atom. The van der Waals surface area contributed by atoms with E-state index in [0.717, 1.165) is 11.3 Å². The maximum Gasteiger partial charge on any atom is 0.344 e. The van der Waals surface area contributed by atoms with E-state index in [2.05, 4.69) is 20.9 Å². The van der Waals surface area contributed by atoms with Crippen LogP contribution in [-0.2, 0) is 19.1 Å². The number of benzene rings is 2. The van der Waals surface area contributed by atoms with E-state index in [4.69, 9.17) is 28.4 Å². The molecule has 1 aromatic heterocycles. The molecule has 0 amide bonds. The number of methoxy groups -OCH3 is 2. The molecule has 0 radical (unpaired) electrons. The second-order valence-electron chi connectivity index (χ2n) is 10.00. The summed E-state index contributed by atoms with van der Waals surface area (Å²) in [7, 11) is 3.00. The van der Waals surface area contributed by atoms with E-state index in [1.807, 2.05) is 13.8 Å². The van der Waals surface area contributed by atoms with Crippen LogP contribution in [0.1, 0.15) is 51.8 Å². The van der Waals surface area contributed by atoms with Crippen LogP contribution in [-0.4, -0.2) is 56.6 Å². The normalized spacial score (nSPS) is 14.5. The Morgan fingerprint density at radius 2 is 1.76 bits per heavy atom. The van der Waals surface area contributed by atoms with Gasteiger partial charge in [0.1, 0.15) is 0 Å². The second-order valence-corrected chi connectivity index (χ2v) is 11.9. The number of allylic oxidation sites excluding steroid dienone is 1. The van der Waals surface area contributed by atoms with E-state index in [0.29, 0.717) is 47.9 Å². The van der Waals surface area contributed by atoms with Gasteiger partial charge in [-0.25, -0.2) is 14.6 Å². The Labute approximate surface area is 272 Å². The lowest BCUT2D eigenvalue weighted by Gasteiger charge is -2.25. The zero-order valence-corrected chi connectivity index (χ0v) is 28.5. The van der Waals surface area contributed by atoms with Crippen LogP contribution in [0.4, 0.5) is 0 Å². The van der Waals surface area contributed by atoms with Crippen LogP contribution < -0.4 is 33.8 Å². The van der Waals surface area contributed by atoms with Crippen molar-refractivity contribution < 1.29 is 38.0 Å². The fraction of sp³-hybridized carbons (Fsp3) is 0.375. The molecule has 2 aromatic carbocycles. The summed E-state index contributed by atoms with van der Waals surface area (Å²) in [4.78, 5) is 44.6. The molecule has 3 aromatic rings. The highest BCUT2D eigenvalue weighted by Crippen LogP contribution is 2.37. The van der Waals surface area contributed by atoms with Gasteiger partial charge in [0.2, 0.25) is 0 Å². The molecule has 0 saturated carbocycles. The lowest BCUT2D eigenvalue weighted by Crippen LogP contribution is -2.40. The molecule has 4 rings (SSSR count). The Balaban J connectivity index is 1.93. The molecule has 0 aliphatic carbocycles. The number of rotatable bonds is 12. The molecule has 0 bridgehead atoms. The summed E-state index contributed by atoms with van der Waals surface area (Å²) in [6.45, 7) is 8.95. The highest BCUT2D eigenvalue weighted by atomic mass is 79.9. The summed E-state index contributed by atoms with van der Waals surface area (Å²) in [6.07, 6.45) is 1.54. The van der Waals surface area contributed by atoms with Gasteiger partial charge < -0.3 is 28.4 Å². The zero-order chi connectivity index (χ0) is 32.8. The summed E-state index contributed by atoms with van der Waals surface area (Å²) in [5.41, 5.74) is 1.35. The monoisotopic (exact) mass is 702 g/mol. The van der Waals surface area contributed by atoms with Crippen LogP contribution in [0.25, 0.3) is 6.08 Å². The number of thiazole rings is 1. The molecule has 0 unspecified atom stereocenters. The minimum absolute atomic E-state index is 0.0949. The SMILES string of the molecule is CCOC(=O)COc1c(/C=c2/sc3n(c2=O)[C@H](c2ccc(OC(C)C)c(OC)c2)C(C(=O)OCC)=C(C)N=3)cc(Br)cc1OC. The van der Waals surface area contributed by atoms with Crippen LogP contribution in [0.2, 0.25) is 0 Å². The predicted octanol–water partition coefficient (Wildman–Crippen LogP) is 4.31. The van der Waals surface area contributed by atoms with Gasteiger partial charge in [0, 0.05) is 10.0 Å². The number of esters is 2. The molecular weight excluding hydrogens is 668 g/mol. The summed E-state index contributed by atoms with van der Waals surface area (Å²) < 4.78 is 35.7. The van der Waals surface area contributed by atoms with Crippen molar-refractivity contribution in [2.75, 3.05) is 34.0 Å². The van der Waals surface area contributed by atoms with Crippen molar-refractivity contribution in [2.24, 2.45) is 4.99 Å². The predicted molar refractivity (Wildman–Crippen MR) is 172 cm³/mol. The summed E-state index contributed by atoms with van der Waals surface area (Å²) in [6, 6.07) is 7.86. The molecule has 0 fully saturated rings. The Kier molecular flexibility index (Phi) is 11.1. The number of fused-ring (bicyclic) bond motifs is 1. The molecule has 45 heavy (non-hydrogen) atoms. The van der Waals surface area contributed by atoms with E-state index in [1.165, 1.54) is 18.8 Å². The Bertz CT molecular complexity index is 1810. The fourth-order valence-electron chi connectivity index (χ4n) is 4.79. The van der Waals surface area contributed by atoms with Crippen LogP contribution in [0.5, 0.6) is 23.0 Å². The molecule has 2 heterocycles. The van der Waals surface area contributed by atoms with Crippen molar-refractivity contribution >= 4 is 45.3 Å². The van der Waals surface area contributed by atoms with Gasteiger partial charge in [-0.05, 0) is 70.5 Å². The minimum atomic E-state index is -0.860. The maximum atomic E-state index is 14.2. The van der Waals surface area contributed by atoms with Gasteiger partial charge in [0.15, 0.2) is 34.4 Å². The number of hydrogen-bond acceptors (Lipinski definition) is 11.